The molecule has 0 bridgehead atoms. The molecule has 3 rings (SSSR count). The summed E-state index contributed by atoms with van der Waals surface area (Å²) in [4.78, 5) is 29.2. The van der Waals surface area contributed by atoms with Crippen molar-refractivity contribution < 1.29 is 9.59 Å². The van der Waals surface area contributed by atoms with Crippen LogP contribution in [0.1, 0.15) is 39.2 Å². The molecule has 1 aliphatic heterocycles. The summed E-state index contributed by atoms with van der Waals surface area (Å²) in [7, 11) is 4.16. The number of Topliss-reactive ketones (excluding diaryl/α,β-unsaturated/α-hetero) is 1. The van der Waals surface area contributed by atoms with Gasteiger partial charge in [-0.25, -0.2) is 0 Å². The lowest BCUT2D eigenvalue weighted by Crippen LogP contribution is -2.36. The topological polar surface area (TPSA) is 40.6 Å². The lowest BCUT2D eigenvalue weighted by atomic mass is 9.93. The number of ketones is 1. The maximum Gasteiger partial charge on any atom is 0.227 e. The molecule has 26 heavy (non-hydrogen) atoms. The van der Waals surface area contributed by atoms with Crippen LogP contribution in [-0.4, -0.2) is 54.7 Å². The highest BCUT2D eigenvalue weighted by Crippen LogP contribution is 2.31. The first-order chi connectivity index (χ1) is 12.3. The highest BCUT2D eigenvalue weighted by molar-refractivity contribution is 7.12. The molecule has 2 aromatic rings. The predicted octanol–water partition coefficient (Wildman–Crippen LogP) is 3.36. The molecule has 2 atom stereocenters. The Balaban J connectivity index is 1.72. The molecule has 1 saturated heterocycles. The molecular weight excluding hydrogens is 344 g/mol. The summed E-state index contributed by atoms with van der Waals surface area (Å²) in [6.07, 6.45) is 0.366. The van der Waals surface area contributed by atoms with E-state index in [-0.39, 0.29) is 11.7 Å². The highest BCUT2D eigenvalue weighted by atomic mass is 32.1. The fourth-order valence-corrected chi connectivity index (χ4v) is 4.41. The van der Waals surface area contributed by atoms with E-state index in [9.17, 15) is 9.59 Å². The van der Waals surface area contributed by atoms with E-state index in [1.807, 2.05) is 16.3 Å². The van der Waals surface area contributed by atoms with E-state index in [0.29, 0.717) is 18.4 Å². The number of hydrogen-bond donors (Lipinski definition) is 0. The Hall–Kier alpha value is -1.98. The first kappa shape index (κ1) is 18.8. The molecular formula is C21H26N2O2S. The molecule has 0 N–H and O–H groups in total. The van der Waals surface area contributed by atoms with Crippen molar-refractivity contribution >= 4 is 23.0 Å². The van der Waals surface area contributed by atoms with Crippen molar-refractivity contribution in [3.8, 4) is 0 Å². The van der Waals surface area contributed by atoms with Gasteiger partial charge in [0.1, 0.15) is 0 Å². The van der Waals surface area contributed by atoms with Crippen LogP contribution in [-0.2, 0) is 11.2 Å². The van der Waals surface area contributed by atoms with Crippen molar-refractivity contribution in [2.45, 2.75) is 32.2 Å². The predicted molar refractivity (Wildman–Crippen MR) is 106 cm³/mol. The number of amides is 1. The summed E-state index contributed by atoms with van der Waals surface area (Å²) in [5, 5.41) is 1.92. The van der Waals surface area contributed by atoms with Crippen molar-refractivity contribution in [1.82, 2.24) is 9.80 Å². The van der Waals surface area contributed by atoms with Crippen LogP contribution in [0.3, 0.4) is 0 Å². The van der Waals surface area contributed by atoms with E-state index >= 15 is 0 Å². The molecule has 1 aromatic carbocycles. The zero-order valence-electron chi connectivity index (χ0n) is 15.9. The fourth-order valence-electron chi connectivity index (χ4n) is 3.59. The van der Waals surface area contributed by atoms with Gasteiger partial charge in [0.2, 0.25) is 5.91 Å². The molecule has 1 aliphatic rings. The number of likely N-dealkylation sites (N-methyl/N-ethyl adjacent to an activating group) is 1. The largest absolute Gasteiger partial charge is 0.340 e. The molecule has 138 valence electrons. The maximum atomic E-state index is 12.8. The van der Waals surface area contributed by atoms with Gasteiger partial charge in [0.15, 0.2) is 5.78 Å². The summed E-state index contributed by atoms with van der Waals surface area (Å²) in [6, 6.07) is 10.8. The normalized spacial score (nSPS) is 20.0. The SMILES string of the molecule is CC(=O)c1cc(CC(=O)N2C[C@@H](N(C)C)[C@H](c3ccc(C)cc3)C2)cs1. The molecule has 0 radical (unpaired) electrons. The minimum atomic E-state index is 0.0574. The van der Waals surface area contributed by atoms with E-state index in [2.05, 4.69) is 50.2 Å². The van der Waals surface area contributed by atoms with Crippen LogP contribution in [0, 0.1) is 6.92 Å². The van der Waals surface area contributed by atoms with Crippen LogP contribution in [0.25, 0.3) is 0 Å². The fraction of sp³-hybridized carbons (Fsp3) is 0.429. The second-order valence-corrected chi connectivity index (χ2v) is 8.31. The van der Waals surface area contributed by atoms with E-state index in [1.54, 1.807) is 6.92 Å². The Kier molecular flexibility index (Phi) is 5.58. The lowest BCUT2D eigenvalue weighted by molar-refractivity contribution is -0.129. The van der Waals surface area contributed by atoms with Gasteiger partial charge >= 0.3 is 0 Å². The summed E-state index contributed by atoms with van der Waals surface area (Å²) < 4.78 is 0. The van der Waals surface area contributed by atoms with Gasteiger partial charge in [0.05, 0.1) is 11.3 Å². The Bertz CT molecular complexity index is 795. The van der Waals surface area contributed by atoms with Crippen molar-refractivity contribution in [2.75, 3.05) is 27.2 Å². The Morgan fingerprint density at radius 1 is 1.19 bits per heavy atom. The van der Waals surface area contributed by atoms with E-state index < -0.39 is 0 Å². The quantitative estimate of drug-likeness (QED) is 0.758. The number of nitrogens with zero attached hydrogens (tertiary/aromatic N) is 2. The number of likely N-dealkylation sites (tertiary alicyclic amines) is 1. The number of aryl methyl sites for hydroxylation is 1. The van der Waals surface area contributed by atoms with Crippen molar-refractivity contribution in [3.05, 3.63) is 57.3 Å². The first-order valence-electron chi connectivity index (χ1n) is 8.94. The number of rotatable bonds is 5. The molecule has 0 saturated carbocycles. The van der Waals surface area contributed by atoms with E-state index in [0.717, 1.165) is 23.5 Å². The zero-order chi connectivity index (χ0) is 18.8. The highest BCUT2D eigenvalue weighted by Gasteiger charge is 2.37. The third kappa shape index (κ3) is 4.05. The Morgan fingerprint density at radius 3 is 2.46 bits per heavy atom. The monoisotopic (exact) mass is 370 g/mol. The van der Waals surface area contributed by atoms with Gasteiger partial charge in [0, 0.05) is 25.0 Å². The number of carbonyl (C=O) groups is 2. The van der Waals surface area contributed by atoms with Crippen LogP contribution in [0.2, 0.25) is 0 Å². The van der Waals surface area contributed by atoms with E-state index in [1.165, 1.54) is 22.5 Å². The summed E-state index contributed by atoms with van der Waals surface area (Å²) in [5.74, 6) is 0.520. The zero-order valence-corrected chi connectivity index (χ0v) is 16.7. The van der Waals surface area contributed by atoms with Crippen LogP contribution < -0.4 is 0 Å². The van der Waals surface area contributed by atoms with Crippen LogP contribution in [0.5, 0.6) is 0 Å². The van der Waals surface area contributed by atoms with Crippen LogP contribution in [0.4, 0.5) is 0 Å². The average Bonchev–Trinajstić information content (AvgIpc) is 3.22. The summed E-state index contributed by atoms with van der Waals surface area (Å²) in [5.41, 5.74) is 3.48. The van der Waals surface area contributed by atoms with Crippen molar-refractivity contribution in [3.63, 3.8) is 0 Å². The second-order valence-electron chi connectivity index (χ2n) is 7.40. The van der Waals surface area contributed by atoms with Crippen molar-refractivity contribution in [2.24, 2.45) is 0 Å². The summed E-state index contributed by atoms with van der Waals surface area (Å²) >= 11 is 1.42. The number of hydrogen-bond acceptors (Lipinski definition) is 4. The van der Waals surface area contributed by atoms with Gasteiger partial charge < -0.3 is 9.80 Å². The second kappa shape index (κ2) is 7.72. The van der Waals surface area contributed by atoms with Gasteiger partial charge in [-0.3, -0.25) is 9.59 Å². The molecule has 2 heterocycles. The lowest BCUT2D eigenvalue weighted by Gasteiger charge is -2.25. The van der Waals surface area contributed by atoms with Crippen LogP contribution in [0.15, 0.2) is 35.7 Å². The van der Waals surface area contributed by atoms with Crippen molar-refractivity contribution in [1.29, 1.82) is 0 Å². The molecule has 5 heteroatoms. The third-order valence-electron chi connectivity index (χ3n) is 5.17. The number of benzene rings is 1. The third-order valence-corrected chi connectivity index (χ3v) is 6.25. The first-order valence-corrected chi connectivity index (χ1v) is 9.82. The van der Waals surface area contributed by atoms with Crippen LogP contribution >= 0.6 is 11.3 Å². The van der Waals surface area contributed by atoms with Gasteiger partial charge in [-0.05, 0) is 50.5 Å². The Labute approximate surface area is 159 Å². The molecule has 1 aromatic heterocycles. The molecule has 0 aliphatic carbocycles. The average molecular weight is 371 g/mol. The molecule has 1 amide bonds. The maximum absolute atomic E-state index is 12.8. The Morgan fingerprint density at radius 2 is 1.88 bits per heavy atom. The minimum Gasteiger partial charge on any atom is -0.340 e. The minimum absolute atomic E-state index is 0.0574. The number of thiophene rings is 1. The molecule has 4 nitrogen and oxygen atoms in total. The standard InChI is InChI=1S/C21H26N2O2S/c1-14-5-7-17(8-6-14)18-11-23(12-19(18)22(3)4)21(25)10-16-9-20(15(2)24)26-13-16/h5-9,13,18-19H,10-12H2,1-4H3/t18-,19+/m0/s1. The smallest absolute Gasteiger partial charge is 0.227 e. The van der Waals surface area contributed by atoms with Gasteiger partial charge in [-0.15, -0.1) is 11.3 Å². The molecule has 0 spiro atoms. The van der Waals surface area contributed by atoms with Gasteiger partial charge in [-0.2, -0.15) is 0 Å². The number of carbonyl (C=O) groups excluding carboxylic acids is 2. The summed E-state index contributed by atoms with van der Waals surface area (Å²) in [6.45, 7) is 5.14. The van der Waals surface area contributed by atoms with Gasteiger partial charge in [0.25, 0.3) is 0 Å². The van der Waals surface area contributed by atoms with Gasteiger partial charge in [-0.1, -0.05) is 29.8 Å². The molecule has 1 fully saturated rings. The molecule has 0 unspecified atom stereocenters. The van der Waals surface area contributed by atoms with E-state index in [4.69, 9.17) is 0 Å².